The summed E-state index contributed by atoms with van der Waals surface area (Å²) in [6.07, 6.45) is 4.31. The summed E-state index contributed by atoms with van der Waals surface area (Å²) >= 11 is 3.90. The van der Waals surface area contributed by atoms with Crippen molar-refractivity contribution in [1.29, 1.82) is 0 Å². The van der Waals surface area contributed by atoms with E-state index in [2.05, 4.69) is 16.7 Å². The maximum atomic E-state index is 5.49. The van der Waals surface area contributed by atoms with Crippen LogP contribution < -0.4 is 5.73 Å². The van der Waals surface area contributed by atoms with Gasteiger partial charge in [0.15, 0.2) is 0 Å². The van der Waals surface area contributed by atoms with E-state index in [9.17, 15) is 0 Å². The van der Waals surface area contributed by atoms with Gasteiger partial charge in [0.25, 0.3) is 0 Å². The molecule has 1 aromatic rings. The van der Waals surface area contributed by atoms with Gasteiger partial charge in [0, 0.05) is 29.2 Å². The molecule has 0 aromatic carbocycles. The van der Waals surface area contributed by atoms with Gasteiger partial charge in [0.05, 0.1) is 5.01 Å². The number of hydrogen-bond donors (Lipinski definition) is 1. The topological polar surface area (TPSA) is 38.9 Å². The Morgan fingerprint density at radius 3 is 3.23 bits per heavy atom. The third-order valence-corrected chi connectivity index (χ3v) is 4.64. The van der Waals surface area contributed by atoms with E-state index in [-0.39, 0.29) is 0 Å². The largest absolute Gasteiger partial charge is 0.330 e. The molecule has 1 aliphatic heterocycles. The molecule has 2 nitrogen and oxygen atoms in total. The number of aromatic nitrogens is 1. The molecule has 72 valence electrons. The summed E-state index contributed by atoms with van der Waals surface area (Å²) in [7, 11) is 0. The molecule has 13 heavy (non-hydrogen) atoms. The summed E-state index contributed by atoms with van der Waals surface area (Å²) in [6.45, 7) is 0.715. The molecule has 0 aliphatic carbocycles. The Morgan fingerprint density at radius 2 is 2.54 bits per heavy atom. The van der Waals surface area contributed by atoms with Crippen molar-refractivity contribution in [3.63, 3.8) is 0 Å². The molecular formula is C9H14N2S2. The van der Waals surface area contributed by atoms with Gasteiger partial charge < -0.3 is 5.73 Å². The molecule has 2 rings (SSSR count). The summed E-state index contributed by atoms with van der Waals surface area (Å²) in [6, 6.07) is 0. The quantitative estimate of drug-likeness (QED) is 0.835. The van der Waals surface area contributed by atoms with Crippen molar-refractivity contribution in [2.75, 3.05) is 18.1 Å². The Balaban J connectivity index is 2.03. The van der Waals surface area contributed by atoms with Crippen LogP contribution in [0.4, 0.5) is 0 Å². The van der Waals surface area contributed by atoms with E-state index in [1.807, 2.05) is 17.5 Å². The lowest BCUT2D eigenvalue weighted by atomic mass is 10.1. The van der Waals surface area contributed by atoms with Gasteiger partial charge >= 0.3 is 0 Å². The zero-order chi connectivity index (χ0) is 9.10. The fourth-order valence-corrected chi connectivity index (χ4v) is 3.94. The maximum Gasteiger partial charge on any atom is 0.0940 e. The molecule has 2 heterocycles. The van der Waals surface area contributed by atoms with Gasteiger partial charge in [-0.2, -0.15) is 11.8 Å². The van der Waals surface area contributed by atoms with Crippen molar-refractivity contribution < 1.29 is 0 Å². The first-order valence-electron chi connectivity index (χ1n) is 4.62. The van der Waals surface area contributed by atoms with E-state index < -0.39 is 0 Å². The molecule has 1 aliphatic rings. The minimum atomic E-state index is 0.715. The van der Waals surface area contributed by atoms with E-state index in [0.29, 0.717) is 6.54 Å². The van der Waals surface area contributed by atoms with Gasteiger partial charge in [-0.15, -0.1) is 11.3 Å². The average Bonchev–Trinajstić information content (AvgIpc) is 2.70. The fraction of sp³-hybridized carbons (Fsp3) is 0.667. The van der Waals surface area contributed by atoms with E-state index in [0.717, 1.165) is 12.3 Å². The van der Waals surface area contributed by atoms with E-state index in [1.165, 1.54) is 27.8 Å². The first-order chi connectivity index (χ1) is 6.40. The molecule has 0 radical (unpaired) electrons. The van der Waals surface area contributed by atoms with Gasteiger partial charge in [-0.1, -0.05) is 0 Å². The lowest BCUT2D eigenvalue weighted by Crippen LogP contribution is -2.01. The molecule has 0 spiro atoms. The van der Waals surface area contributed by atoms with Crippen molar-refractivity contribution in [3.8, 4) is 0 Å². The molecule has 0 bridgehead atoms. The smallest absolute Gasteiger partial charge is 0.0940 e. The molecular weight excluding hydrogens is 200 g/mol. The molecule has 0 saturated carbocycles. The number of thiazole rings is 1. The highest BCUT2D eigenvalue weighted by Gasteiger charge is 2.19. The van der Waals surface area contributed by atoms with E-state index in [4.69, 9.17) is 5.73 Å². The van der Waals surface area contributed by atoms with Crippen LogP contribution in [-0.2, 0) is 6.42 Å². The lowest BCUT2D eigenvalue weighted by molar-refractivity contribution is 0.796. The Labute approximate surface area is 86.9 Å². The second-order valence-corrected chi connectivity index (χ2v) is 5.55. The molecule has 0 amide bonds. The molecule has 1 saturated heterocycles. The van der Waals surface area contributed by atoms with Crippen LogP contribution in [-0.4, -0.2) is 23.0 Å². The summed E-state index contributed by atoms with van der Waals surface area (Å²) in [5, 5.41) is 1.20. The molecule has 1 fully saturated rings. The Kier molecular flexibility index (Phi) is 3.24. The summed E-state index contributed by atoms with van der Waals surface area (Å²) in [4.78, 5) is 5.85. The highest BCUT2D eigenvalue weighted by atomic mass is 32.2. The van der Waals surface area contributed by atoms with Crippen LogP contribution in [0.1, 0.15) is 22.2 Å². The van der Waals surface area contributed by atoms with E-state index >= 15 is 0 Å². The number of thioether (sulfide) groups is 1. The van der Waals surface area contributed by atoms with Crippen LogP contribution in [0.25, 0.3) is 0 Å². The van der Waals surface area contributed by atoms with Crippen LogP contribution >= 0.6 is 23.1 Å². The third kappa shape index (κ3) is 2.24. The SMILES string of the molecule is NCCc1ncc(C2CCSC2)s1. The molecule has 1 aromatic heterocycles. The number of rotatable bonds is 3. The van der Waals surface area contributed by atoms with Crippen molar-refractivity contribution in [2.24, 2.45) is 5.73 Å². The maximum absolute atomic E-state index is 5.49. The van der Waals surface area contributed by atoms with Crippen LogP contribution in [0.2, 0.25) is 0 Å². The van der Waals surface area contributed by atoms with Crippen LogP contribution in [0.15, 0.2) is 6.20 Å². The lowest BCUT2D eigenvalue weighted by Gasteiger charge is -2.01. The number of nitrogens with zero attached hydrogens (tertiary/aromatic N) is 1. The van der Waals surface area contributed by atoms with Crippen molar-refractivity contribution in [2.45, 2.75) is 18.8 Å². The van der Waals surface area contributed by atoms with Crippen LogP contribution in [0.5, 0.6) is 0 Å². The Morgan fingerprint density at radius 1 is 1.62 bits per heavy atom. The summed E-state index contributed by atoms with van der Waals surface area (Å²) in [5.74, 6) is 3.37. The minimum Gasteiger partial charge on any atom is -0.330 e. The van der Waals surface area contributed by atoms with Gasteiger partial charge in [-0.25, -0.2) is 4.98 Å². The predicted molar refractivity (Wildman–Crippen MR) is 59.6 cm³/mol. The van der Waals surface area contributed by atoms with Gasteiger partial charge in [0.1, 0.15) is 0 Å². The number of hydrogen-bond acceptors (Lipinski definition) is 4. The second-order valence-electron chi connectivity index (χ2n) is 3.26. The molecule has 2 N–H and O–H groups in total. The van der Waals surface area contributed by atoms with Crippen LogP contribution in [0.3, 0.4) is 0 Å². The second kappa shape index (κ2) is 4.44. The van der Waals surface area contributed by atoms with Gasteiger partial charge in [-0.3, -0.25) is 0 Å². The zero-order valence-electron chi connectivity index (χ0n) is 7.53. The van der Waals surface area contributed by atoms with Crippen molar-refractivity contribution in [1.82, 2.24) is 4.98 Å². The van der Waals surface area contributed by atoms with Crippen LogP contribution in [0, 0.1) is 0 Å². The summed E-state index contributed by atoms with van der Waals surface area (Å²) < 4.78 is 0. The average molecular weight is 214 g/mol. The van der Waals surface area contributed by atoms with Gasteiger partial charge in [0.2, 0.25) is 0 Å². The number of nitrogens with two attached hydrogens (primary N) is 1. The normalized spacial score (nSPS) is 22.4. The van der Waals surface area contributed by atoms with E-state index in [1.54, 1.807) is 0 Å². The molecule has 4 heteroatoms. The first kappa shape index (κ1) is 9.49. The van der Waals surface area contributed by atoms with Crippen molar-refractivity contribution in [3.05, 3.63) is 16.1 Å². The molecule has 1 unspecified atom stereocenters. The molecule has 1 atom stereocenters. The standard InChI is InChI=1S/C9H14N2S2/c10-3-1-9-11-5-8(13-9)7-2-4-12-6-7/h5,7H,1-4,6,10H2. The highest BCUT2D eigenvalue weighted by Crippen LogP contribution is 2.35. The fourth-order valence-electron chi connectivity index (χ4n) is 1.51. The van der Waals surface area contributed by atoms with Crippen molar-refractivity contribution >= 4 is 23.1 Å². The highest BCUT2D eigenvalue weighted by molar-refractivity contribution is 7.99. The van der Waals surface area contributed by atoms with Gasteiger partial charge in [-0.05, 0) is 18.7 Å². The predicted octanol–water partition coefficient (Wildman–Crippen LogP) is 1.86. The summed E-state index contributed by atoms with van der Waals surface area (Å²) in [5.41, 5.74) is 5.49. The third-order valence-electron chi connectivity index (χ3n) is 2.26. The Hall–Kier alpha value is -0.0600. The minimum absolute atomic E-state index is 0.715. The Bertz CT molecular complexity index is 266. The first-order valence-corrected chi connectivity index (χ1v) is 6.59. The zero-order valence-corrected chi connectivity index (χ0v) is 9.16. The monoisotopic (exact) mass is 214 g/mol.